The number of aromatic nitrogens is 3. The molecule has 0 unspecified atom stereocenters. The van der Waals surface area contributed by atoms with Gasteiger partial charge < -0.3 is 5.32 Å². The van der Waals surface area contributed by atoms with E-state index >= 15 is 0 Å². The minimum Gasteiger partial charge on any atom is -0.302 e. The molecule has 4 nitrogen and oxygen atoms in total. The van der Waals surface area contributed by atoms with E-state index < -0.39 is 12.7 Å². The fraction of sp³-hybridized carbons (Fsp3) is 0.333. The summed E-state index contributed by atoms with van der Waals surface area (Å²) in [7, 11) is 0. The average Bonchev–Trinajstić information content (AvgIpc) is 2.60. The topological polar surface area (TPSA) is 42.2 Å². The maximum Gasteiger partial charge on any atom is 0.401 e. The summed E-state index contributed by atoms with van der Waals surface area (Å²) in [6, 6.07) is 5.29. The van der Waals surface area contributed by atoms with Gasteiger partial charge in [-0.15, -0.1) is 10.2 Å². The minimum absolute atomic E-state index is 0.0324. The molecule has 7 heteroatoms. The number of fused-ring (bicyclic) bond motifs is 1. The second-order valence-electron chi connectivity index (χ2n) is 3.26. The highest BCUT2D eigenvalue weighted by Crippen LogP contribution is 2.12. The molecular weight excluding hydrogens is 221 g/mol. The number of nitrogens with zero attached hydrogens (tertiary/aromatic N) is 3. The van der Waals surface area contributed by atoms with Crippen LogP contribution >= 0.6 is 0 Å². The van der Waals surface area contributed by atoms with Gasteiger partial charge in [0.05, 0.1) is 13.1 Å². The van der Waals surface area contributed by atoms with Crippen molar-refractivity contribution in [3.63, 3.8) is 0 Å². The van der Waals surface area contributed by atoms with Gasteiger partial charge in [0, 0.05) is 6.20 Å². The fourth-order valence-corrected chi connectivity index (χ4v) is 1.33. The van der Waals surface area contributed by atoms with E-state index in [2.05, 4.69) is 15.5 Å². The highest BCUT2D eigenvalue weighted by Gasteiger charge is 2.26. The molecule has 2 rings (SSSR count). The lowest BCUT2D eigenvalue weighted by molar-refractivity contribution is -0.125. The summed E-state index contributed by atoms with van der Waals surface area (Å²) in [5, 5.41) is 9.90. The predicted octanol–water partition coefficient (Wildman–Crippen LogP) is 1.38. The first-order chi connectivity index (χ1) is 7.56. The number of alkyl halides is 3. The molecule has 0 atom stereocenters. The molecule has 2 aromatic heterocycles. The van der Waals surface area contributed by atoms with Crippen LogP contribution in [-0.4, -0.2) is 27.3 Å². The zero-order valence-electron chi connectivity index (χ0n) is 8.20. The number of rotatable bonds is 3. The van der Waals surface area contributed by atoms with Gasteiger partial charge in [0.15, 0.2) is 11.5 Å². The molecule has 0 radical (unpaired) electrons. The van der Waals surface area contributed by atoms with Crippen LogP contribution in [0.3, 0.4) is 0 Å². The van der Waals surface area contributed by atoms with Gasteiger partial charge >= 0.3 is 6.18 Å². The Balaban J connectivity index is 2.05. The number of hydrogen-bond donors (Lipinski definition) is 1. The molecule has 0 aliphatic rings. The van der Waals surface area contributed by atoms with Crippen molar-refractivity contribution in [1.29, 1.82) is 0 Å². The van der Waals surface area contributed by atoms with Gasteiger partial charge in [-0.1, -0.05) is 6.07 Å². The van der Waals surface area contributed by atoms with E-state index in [-0.39, 0.29) is 6.54 Å². The van der Waals surface area contributed by atoms with Crippen molar-refractivity contribution in [2.75, 3.05) is 6.54 Å². The SMILES string of the molecule is FC(F)(F)CNCc1nnc2ccccn12. The van der Waals surface area contributed by atoms with Gasteiger partial charge in [-0.05, 0) is 12.1 Å². The summed E-state index contributed by atoms with van der Waals surface area (Å²) in [5.41, 5.74) is 0.617. The Labute approximate surface area is 89.1 Å². The zero-order chi connectivity index (χ0) is 11.6. The zero-order valence-corrected chi connectivity index (χ0v) is 8.20. The number of pyridine rings is 1. The summed E-state index contributed by atoms with van der Waals surface area (Å²) in [6.07, 6.45) is -2.50. The number of nitrogens with one attached hydrogen (secondary N) is 1. The first kappa shape index (κ1) is 10.9. The van der Waals surface area contributed by atoms with Crippen molar-refractivity contribution in [3.05, 3.63) is 30.2 Å². The van der Waals surface area contributed by atoms with Crippen molar-refractivity contribution in [2.45, 2.75) is 12.7 Å². The Hall–Kier alpha value is -1.63. The van der Waals surface area contributed by atoms with Crippen LogP contribution < -0.4 is 5.32 Å². The Kier molecular flexibility index (Phi) is 2.78. The maximum atomic E-state index is 11.9. The smallest absolute Gasteiger partial charge is 0.302 e. The van der Waals surface area contributed by atoms with Gasteiger partial charge in [0.1, 0.15) is 0 Å². The van der Waals surface area contributed by atoms with Crippen molar-refractivity contribution in [3.8, 4) is 0 Å². The van der Waals surface area contributed by atoms with E-state index in [1.54, 1.807) is 28.8 Å². The summed E-state index contributed by atoms with van der Waals surface area (Å²) in [6.45, 7) is -1.00. The molecule has 2 aromatic rings. The molecule has 0 spiro atoms. The summed E-state index contributed by atoms with van der Waals surface area (Å²) in [5.74, 6) is 0.458. The monoisotopic (exact) mass is 230 g/mol. The van der Waals surface area contributed by atoms with E-state index in [9.17, 15) is 13.2 Å². The third-order valence-electron chi connectivity index (χ3n) is 1.99. The van der Waals surface area contributed by atoms with Gasteiger partial charge in [-0.3, -0.25) is 4.40 Å². The van der Waals surface area contributed by atoms with Crippen molar-refractivity contribution < 1.29 is 13.2 Å². The average molecular weight is 230 g/mol. The number of halogens is 3. The third-order valence-corrected chi connectivity index (χ3v) is 1.99. The summed E-state index contributed by atoms with van der Waals surface area (Å²) >= 11 is 0. The summed E-state index contributed by atoms with van der Waals surface area (Å²) < 4.78 is 37.3. The molecule has 2 heterocycles. The first-order valence-electron chi connectivity index (χ1n) is 4.62. The van der Waals surface area contributed by atoms with Crippen LogP contribution in [0.25, 0.3) is 5.65 Å². The first-order valence-corrected chi connectivity index (χ1v) is 4.62. The van der Waals surface area contributed by atoms with E-state index in [0.29, 0.717) is 11.5 Å². The van der Waals surface area contributed by atoms with E-state index in [1.807, 2.05) is 0 Å². The normalized spacial score (nSPS) is 12.2. The molecule has 0 aliphatic carbocycles. The molecule has 0 fully saturated rings. The highest BCUT2D eigenvalue weighted by molar-refractivity contribution is 5.36. The Morgan fingerprint density at radius 3 is 2.81 bits per heavy atom. The molecule has 16 heavy (non-hydrogen) atoms. The Morgan fingerprint density at radius 2 is 2.06 bits per heavy atom. The van der Waals surface area contributed by atoms with Crippen LogP contribution in [-0.2, 0) is 6.54 Å². The van der Waals surface area contributed by atoms with Crippen LogP contribution in [0.1, 0.15) is 5.82 Å². The van der Waals surface area contributed by atoms with Crippen LogP contribution in [0, 0.1) is 0 Å². The molecule has 0 saturated carbocycles. The van der Waals surface area contributed by atoms with Gasteiger partial charge in [0.2, 0.25) is 0 Å². The van der Waals surface area contributed by atoms with Crippen molar-refractivity contribution in [2.24, 2.45) is 0 Å². The predicted molar refractivity (Wildman–Crippen MR) is 50.7 cm³/mol. The molecule has 86 valence electrons. The molecule has 0 aliphatic heterocycles. The molecular formula is C9H9F3N4. The highest BCUT2D eigenvalue weighted by atomic mass is 19.4. The Bertz CT molecular complexity index is 477. The lowest BCUT2D eigenvalue weighted by Gasteiger charge is -2.06. The molecule has 0 bridgehead atoms. The minimum atomic E-state index is -4.21. The molecule has 0 aromatic carbocycles. The summed E-state index contributed by atoms with van der Waals surface area (Å²) in [4.78, 5) is 0. The lowest BCUT2D eigenvalue weighted by Crippen LogP contribution is -2.28. The van der Waals surface area contributed by atoms with Crippen LogP contribution in [0.2, 0.25) is 0 Å². The van der Waals surface area contributed by atoms with E-state index in [1.165, 1.54) is 0 Å². The van der Waals surface area contributed by atoms with Crippen LogP contribution in [0.5, 0.6) is 0 Å². The largest absolute Gasteiger partial charge is 0.401 e. The lowest BCUT2D eigenvalue weighted by atomic mass is 10.4. The van der Waals surface area contributed by atoms with Crippen LogP contribution in [0.15, 0.2) is 24.4 Å². The molecule has 0 amide bonds. The number of hydrogen-bond acceptors (Lipinski definition) is 3. The maximum absolute atomic E-state index is 11.9. The standard InChI is InChI=1S/C9H9F3N4/c10-9(11,12)6-13-5-8-15-14-7-3-1-2-4-16(7)8/h1-4,13H,5-6H2. The second-order valence-corrected chi connectivity index (χ2v) is 3.26. The quantitative estimate of drug-likeness (QED) is 0.866. The van der Waals surface area contributed by atoms with Crippen molar-refractivity contribution >= 4 is 5.65 Å². The molecule has 1 N–H and O–H groups in total. The Morgan fingerprint density at radius 1 is 1.25 bits per heavy atom. The van der Waals surface area contributed by atoms with E-state index in [0.717, 1.165) is 0 Å². The third kappa shape index (κ3) is 2.48. The second kappa shape index (κ2) is 4.09. The van der Waals surface area contributed by atoms with Crippen molar-refractivity contribution in [1.82, 2.24) is 19.9 Å². The molecule has 0 saturated heterocycles. The van der Waals surface area contributed by atoms with Gasteiger partial charge in [0.25, 0.3) is 0 Å². The van der Waals surface area contributed by atoms with E-state index in [4.69, 9.17) is 0 Å². The van der Waals surface area contributed by atoms with Crippen LogP contribution in [0.4, 0.5) is 13.2 Å². The fourth-order valence-electron chi connectivity index (χ4n) is 1.33. The van der Waals surface area contributed by atoms with Gasteiger partial charge in [-0.2, -0.15) is 13.2 Å². The van der Waals surface area contributed by atoms with Gasteiger partial charge in [-0.25, -0.2) is 0 Å².